The molecule has 2 aliphatic rings. The maximum Gasteiger partial charge on any atom is 0.220 e. The number of amides is 1. The fraction of sp³-hybridized carbons (Fsp3) is 0.846. The Labute approximate surface area is 113 Å². The van der Waals surface area contributed by atoms with Crippen molar-refractivity contribution in [3.05, 3.63) is 0 Å². The number of carbonyl (C=O) groups excluding carboxylic acids is 1. The molecule has 0 aromatic rings. The maximum atomic E-state index is 11.5. The molecule has 5 heteroatoms. The fourth-order valence-electron chi connectivity index (χ4n) is 1.82. The molecular formula is C13H23N3OS. The highest BCUT2D eigenvalue weighted by molar-refractivity contribution is 8.13. The molecule has 2 rings (SSSR count). The van der Waals surface area contributed by atoms with Crippen LogP contribution in [0.15, 0.2) is 4.99 Å². The molecule has 1 aliphatic carbocycles. The van der Waals surface area contributed by atoms with Crippen molar-refractivity contribution in [3.63, 3.8) is 0 Å². The minimum Gasteiger partial charge on any atom is -0.360 e. The van der Waals surface area contributed by atoms with Crippen LogP contribution in [-0.2, 0) is 4.79 Å². The topological polar surface area (TPSA) is 53.5 Å². The van der Waals surface area contributed by atoms with Gasteiger partial charge < -0.3 is 10.6 Å². The standard InChI is InChI=1S/C13H23N3OS/c1-13(2)7-9-18-12(16-13)14-8-3-4-11(17)15-10-5-6-10/h10H,3-9H2,1-2H3,(H,14,16)(H,15,17). The van der Waals surface area contributed by atoms with Crippen LogP contribution in [0.4, 0.5) is 0 Å². The second-order valence-electron chi connectivity index (χ2n) is 5.74. The van der Waals surface area contributed by atoms with E-state index in [0.717, 1.165) is 36.7 Å². The van der Waals surface area contributed by atoms with Crippen LogP contribution in [0, 0.1) is 0 Å². The molecule has 0 atom stereocenters. The van der Waals surface area contributed by atoms with Crippen molar-refractivity contribution in [2.24, 2.45) is 4.99 Å². The van der Waals surface area contributed by atoms with Crippen LogP contribution in [0.5, 0.6) is 0 Å². The zero-order chi connectivity index (χ0) is 13.0. The summed E-state index contributed by atoms with van der Waals surface area (Å²) in [5.74, 6) is 1.31. The molecule has 0 aromatic carbocycles. The summed E-state index contributed by atoms with van der Waals surface area (Å²) >= 11 is 1.78. The van der Waals surface area contributed by atoms with Gasteiger partial charge in [0.2, 0.25) is 5.91 Å². The summed E-state index contributed by atoms with van der Waals surface area (Å²) in [5.41, 5.74) is 0.160. The van der Waals surface area contributed by atoms with E-state index in [1.54, 1.807) is 11.8 Å². The first-order valence-electron chi connectivity index (χ1n) is 6.80. The summed E-state index contributed by atoms with van der Waals surface area (Å²) in [6, 6.07) is 0.472. The molecule has 18 heavy (non-hydrogen) atoms. The molecule has 0 unspecified atom stereocenters. The van der Waals surface area contributed by atoms with Gasteiger partial charge in [-0.3, -0.25) is 9.79 Å². The number of thioether (sulfide) groups is 1. The van der Waals surface area contributed by atoms with Crippen LogP contribution in [0.3, 0.4) is 0 Å². The Bertz CT molecular complexity index is 337. The predicted octanol–water partition coefficient (Wildman–Crippen LogP) is 1.91. The minimum absolute atomic E-state index is 0.160. The van der Waals surface area contributed by atoms with E-state index in [0.29, 0.717) is 12.5 Å². The Morgan fingerprint density at radius 2 is 2.33 bits per heavy atom. The zero-order valence-corrected chi connectivity index (χ0v) is 12.1. The van der Waals surface area contributed by atoms with Gasteiger partial charge in [0.05, 0.1) is 0 Å². The van der Waals surface area contributed by atoms with E-state index in [1.165, 1.54) is 6.42 Å². The number of rotatable bonds is 5. The minimum atomic E-state index is 0.160. The third kappa shape index (κ3) is 4.88. The first-order valence-corrected chi connectivity index (χ1v) is 7.78. The van der Waals surface area contributed by atoms with Crippen molar-refractivity contribution in [1.29, 1.82) is 0 Å². The number of hydrogen-bond acceptors (Lipinski definition) is 3. The van der Waals surface area contributed by atoms with Crippen LogP contribution in [0.2, 0.25) is 0 Å². The van der Waals surface area contributed by atoms with Crippen LogP contribution >= 0.6 is 11.8 Å². The van der Waals surface area contributed by atoms with Gasteiger partial charge >= 0.3 is 0 Å². The normalized spacial score (nSPS) is 24.7. The lowest BCUT2D eigenvalue weighted by atomic mass is 10.0. The van der Waals surface area contributed by atoms with Crippen LogP contribution in [0.1, 0.15) is 46.0 Å². The van der Waals surface area contributed by atoms with E-state index < -0.39 is 0 Å². The molecule has 2 N–H and O–H groups in total. The van der Waals surface area contributed by atoms with Gasteiger partial charge in [-0.25, -0.2) is 0 Å². The fourth-order valence-corrected chi connectivity index (χ4v) is 3.16. The van der Waals surface area contributed by atoms with E-state index >= 15 is 0 Å². The molecule has 1 saturated heterocycles. The average molecular weight is 269 g/mol. The van der Waals surface area contributed by atoms with Crippen molar-refractivity contribution in [2.45, 2.75) is 57.5 Å². The Morgan fingerprint density at radius 1 is 1.56 bits per heavy atom. The van der Waals surface area contributed by atoms with Crippen LogP contribution in [0.25, 0.3) is 0 Å². The molecule has 0 aromatic heterocycles. The zero-order valence-electron chi connectivity index (χ0n) is 11.3. The Hall–Kier alpha value is -0.710. The molecule has 1 saturated carbocycles. The van der Waals surface area contributed by atoms with Crippen molar-refractivity contribution in [3.8, 4) is 0 Å². The summed E-state index contributed by atoms with van der Waals surface area (Å²) in [7, 11) is 0. The number of amidine groups is 1. The second-order valence-corrected chi connectivity index (χ2v) is 6.82. The molecule has 1 heterocycles. The van der Waals surface area contributed by atoms with E-state index in [9.17, 15) is 4.79 Å². The lowest BCUT2D eigenvalue weighted by molar-refractivity contribution is -0.121. The number of aliphatic imine (C=N–C) groups is 1. The third-order valence-electron chi connectivity index (χ3n) is 3.17. The maximum absolute atomic E-state index is 11.5. The van der Waals surface area contributed by atoms with Gasteiger partial charge in [0.15, 0.2) is 5.17 Å². The molecule has 0 radical (unpaired) electrons. The lowest BCUT2D eigenvalue weighted by Crippen LogP contribution is -2.46. The summed E-state index contributed by atoms with van der Waals surface area (Å²) in [5, 5.41) is 7.47. The molecule has 1 aliphatic heterocycles. The van der Waals surface area contributed by atoms with Crippen molar-refractivity contribution in [2.75, 3.05) is 12.3 Å². The van der Waals surface area contributed by atoms with Gasteiger partial charge in [0, 0.05) is 30.3 Å². The summed E-state index contributed by atoms with van der Waals surface area (Å²) < 4.78 is 0. The van der Waals surface area contributed by atoms with Crippen molar-refractivity contribution in [1.82, 2.24) is 10.6 Å². The molecule has 2 fully saturated rings. The number of nitrogens with one attached hydrogen (secondary N) is 2. The highest BCUT2D eigenvalue weighted by atomic mass is 32.2. The summed E-state index contributed by atoms with van der Waals surface area (Å²) in [4.78, 5) is 16.0. The molecule has 0 spiro atoms. The number of carbonyl (C=O) groups is 1. The van der Waals surface area contributed by atoms with Crippen LogP contribution < -0.4 is 10.6 Å². The van der Waals surface area contributed by atoms with Gasteiger partial charge in [-0.05, 0) is 39.5 Å². The number of nitrogens with zero attached hydrogens (tertiary/aromatic N) is 1. The van der Waals surface area contributed by atoms with E-state index in [4.69, 9.17) is 0 Å². The molecule has 4 nitrogen and oxygen atoms in total. The van der Waals surface area contributed by atoms with Gasteiger partial charge in [0.25, 0.3) is 0 Å². The summed E-state index contributed by atoms with van der Waals surface area (Å²) in [6.07, 6.45) is 4.92. The molecular weight excluding hydrogens is 246 g/mol. The van der Waals surface area contributed by atoms with Gasteiger partial charge in [-0.15, -0.1) is 0 Å². The average Bonchev–Trinajstić information content (AvgIpc) is 3.07. The van der Waals surface area contributed by atoms with Gasteiger partial charge in [0.1, 0.15) is 0 Å². The largest absolute Gasteiger partial charge is 0.360 e. The SMILES string of the molecule is CC1(C)CCSC(=NCCCC(=O)NC2CC2)N1. The van der Waals surface area contributed by atoms with E-state index in [2.05, 4.69) is 29.5 Å². The van der Waals surface area contributed by atoms with Gasteiger partial charge in [-0.1, -0.05) is 11.8 Å². The Balaban J connectivity index is 1.62. The van der Waals surface area contributed by atoms with Crippen LogP contribution in [-0.4, -0.2) is 35.0 Å². The summed E-state index contributed by atoms with van der Waals surface area (Å²) in [6.45, 7) is 5.14. The smallest absolute Gasteiger partial charge is 0.220 e. The second kappa shape index (κ2) is 5.95. The van der Waals surface area contributed by atoms with Crippen molar-refractivity contribution >= 4 is 22.8 Å². The first-order chi connectivity index (χ1) is 8.55. The Morgan fingerprint density at radius 3 is 3.00 bits per heavy atom. The van der Waals surface area contributed by atoms with Gasteiger partial charge in [-0.2, -0.15) is 0 Å². The first kappa shape index (κ1) is 13.7. The lowest BCUT2D eigenvalue weighted by Gasteiger charge is -2.32. The third-order valence-corrected chi connectivity index (χ3v) is 4.08. The monoisotopic (exact) mass is 269 g/mol. The molecule has 0 bridgehead atoms. The number of hydrogen-bond donors (Lipinski definition) is 2. The van der Waals surface area contributed by atoms with E-state index in [1.807, 2.05) is 0 Å². The predicted molar refractivity (Wildman–Crippen MR) is 77.0 cm³/mol. The van der Waals surface area contributed by atoms with E-state index in [-0.39, 0.29) is 11.4 Å². The highest BCUT2D eigenvalue weighted by Gasteiger charge is 2.24. The quantitative estimate of drug-likeness (QED) is 0.750. The Kier molecular flexibility index (Phi) is 4.54. The highest BCUT2D eigenvalue weighted by Crippen LogP contribution is 2.21. The molecule has 1 amide bonds. The molecule has 102 valence electrons. The van der Waals surface area contributed by atoms with Crippen molar-refractivity contribution < 1.29 is 4.79 Å².